The summed E-state index contributed by atoms with van der Waals surface area (Å²) in [5.41, 5.74) is 0.366. The Morgan fingerprint density at radius 2 is 2.11 bits per heavy atom. The second-order valence-corrected chi connectivity index (χ2v) is 5.10. The quantitative estimate of drug-likeness (QED) is 0.948. The van der Waals surface area contributed by atoms with Crippen molar-refractivity contribution in [2.75, 3.05) is 0 Å². The highest BCUT2D eigenvalue weighted by Gasteiger charge is 2.18. The molecule has 6 heteroatoms. The Hall–Kier alpha value is -1.27. The second-order valence-electron chi connectivity index (χ2n) is 4.19. The number of hydrogen-bond donors (Lipinski definition) is 1. The normalized spacial score (nSPS) is 11.2. The first kappa shape index (κ1) is 13.2. The molecule has 4 nitrogen and oxygen atoms in total. The van der Waals surface area contributed by atoms with Crippen LogP contribution in [0, 0.1) is 5.82 Å². The molecule has 0 saturated heterocycles. The monoisotopic (exact) mass is 313 g/mol. The van der Waals surface area contributed by atoms with Gasteiger partial charge in [-0.3, -0.25) is 0 Å². The molecule has 0 aliphatic heterocycles. The van der Waals surface area contributed by atoms with Crippen molar-refractivity contribution in [1.82, 2.24) is 14.8 Å². The molecule has 0 saturated carbocycles. The van der Waals surface area contributed by atoms with Gasteiger partial charge in [0.2, 0.25) is 0 Å². The highest BCUT2D eigenvalue weighted by atomic mass is 79.9. The van der Waals surface area contributed by atoms with E-state index < -0.39 is 0 Å². The van der Waals surface area contributed by atoms with Crippen molar-refractivity contribution in [1.29, 1.82) is 0 Å². The molecule has 1 aromatic heterocycles. The van der Waals surface area contributed by atoms with Gasteiger partial charge in [-0.05, 0) is 32.0 Å². The first-order valence-electron chi connectivity index (χ1n) is 5.54. The third kappa shape index (κ3) is 2.30. The molecule has 18 heavy (non-hydrogen) atoms. The number of benzene rings is 1. The molecule has 0 amide bonds. The largest absolute Gasteiger partial charge is 0.388 e. The Bertz CT molecular complexity index is 568. The van der Waals surface area contributed by atoms with Crippen LogP contribution in [0.25, 0.3) is 11.4 Å². The summed E-state index contributed by atoms with van der Waals surface area (Å²) in [6, 6.07) is 4.69. The van der Waals surface area contributed by atoms with E-state index in [9.17, 15) is 9.50 Å². The predicted octanol–water partition coefficient (Wildman–Crippen LogP) is 2.92. The molecule has 0 fully saturated rings. The van der Waals surface area contributed by atoms with E-state index in [1.54, 1.807) is 16.7 Å². The highest BCUT2D eigenvalue weighted by molar-refractivity contribution is 9.10. The summed E-state index contributed by atoms with van der Waals surface area (Å²) >= 11 is 3.31. The number of aromatic nitrogens is 3. The fraction of sp³-hybridized carbons (Fsp3) is 0.333. The lowest BCUT2D eigenvalue weighted by molar-refractivity contribution is 0.262. The Balaban J connectivity index is 2.63. The van der Waals surface area contributed by atoms with Gasteiger partial charge < -0.3 is 9.67 Å². The van der Waals surface area contributed by atoms with E-state index >= 15 is 0 Å². The van der Waals surface area contributed by atoms with E-state index in [4.69, 9.17) is 0 Å². The number of aliphatic hydroxyl groups is 1. The Morgan fingerprint density at radius 3 is 2.72 bits per heavy atom. The maximum absolute atomic E-state index is 13.8. The van der Waals surface area contributed by atoms with Gasteiger partial charge in [0.05, 0.1) is 5.56 Å². The van der Waals surface area contributed by atoms with Crippen molar-refractivity contribution in [2.24, 2.45) is 0 Å². The van der Waals surface area contributed by atoms with Crippen LogP contribution in [0.5, 0.6) is 0 Å². The third-order valence-electron chi connectivity index (χ3n) is 2.59. The maximum atomic E-state index is 13.8. The number of rotatable bonds is 3. The Kier molecular flexibility index (Phi) is 3.77. The summed E-state index contributed by atoms with van der Waals surface area (Å²) in [5, 5.41) is 17.1. The predicted molar refractivity (Wildman–Crippen MR) is 69.4 cm³/mol. The summed E-state index contributed by atoms with van der Waals surface area (Å²) in [7, 11) is 0. The molecule has 0 aliphatic carbocycles. The van der Waals surface area contributed by atoms with E-state index in [0.717, 1.165) is 4.47 Å². The number of nitrogens with zero attached hydrogens (tertiary/aromatic N) is 3. The molecule has 0 unspecified atom stereocenters. The standard InChI is InChI=1S/C12H13BrFN3O/c1-7(2)17-11(6-18)15-16-12(17)9-5-8(13)3-4-10(9)14/h3-5,7,18H,6H2,1-2H3. The average Bonchev–Trinajstić information content (AvgIpc) is 2.75. The summed E-state index contributed by atoms with van der Waals surface area (Å²) in [6.45, 7) is 3.64. The zero-order valence-corrected chi connectivity index (χ0v) is 11.6. The zero-order valence-electron chi connectivity index (χ0n) is 10.1. The molecule has 1 aromatic carbocycles. The molecule has 2 aromatic rings. The number of halogens is 2. The number of hydrogen-bond acceptors (Lipinski definition) is 3. The minimum atomic E-state index is -0.364. The molecule has 0 atom stereocenters. The summed E-state index contributed by atoms with van der Waals surface area (Å²) < 4.78 is 16.3. The van der Waals surface area contributed by atoms with E-state index in [-0.39, 0.29) is 18.5 Å². The number of aliphatic hydroxyl groups excluding tert-OH is 1. The van der Waals surface area contributed by atoms with Gasteiger partial charge in [0.25, 0.3) is 0 Å². The van der Waals surface area contributed by atoms with Crippen LogP contribution in [0.1, 0.15) is 25.7 Å². The maximum Gasteiger partial charge on any atom is 0.167 e. The van der Waals surface area contributed by atoms with Crippen LogP contribution >= 0.6 is 15.9 Å². The molecule has 0 radical (unpaired) electrons. The minimum Gasteiger partial charge on any atom is -0.388 e. The second kappa shape index (κ2) is 5.16. The molecule has 1 heterocycles. The van der Waals surface area contributed by atoms with Gasteiger partial charge in [-0.2, -0.15) is 0 Å². The highest BCUT2D eigenvalue weighted by Crippen LogP contribution is 2.27. The van der Waals surface area contributed by atoms with Crippen molar-refractivity contribution >= 4 is 15.9 Å². The first-order chi connectivity index (χ1) is 8.54. The minimum absolute atomic E-state index is 0.0375. The SMILES string of the molecule is CC(C)n1c(CO)nnc1-c1cc(Br)ccc1F. The van der Waals surface area contributed by atoms with Crippen molar-refractivity contribution in [2.45, 2.75) is 26.5 Å². The third-order valence-corrected chi connectivity index (χ3v) is 3.09. The van der Waals surface area contributed by atoms with Gasteiger partial charge in [-0.25, -0.2) is 4.39 Å². The summed E-state index contributed by atoms with van der Waals surface area (Å²) in [5.74, 6) is 0.490. The molecule has 0 spiro atoms. The van der Waals surface area contributed by atoms with E-state index in [1.165, 1.54) is 6.07 Å². The van der Waals surface area contributed by atoms with Crippen LogP contribution < -0.4 is 0 Å². The van der Waals surface area contributed by atoms with Gasteiger partial charge in [-0.1, -0.05) is 15.9 Å². The molecule has 2 rings (SSSR count). The molecule has 0 aliphatic rings. The fourth-order valence-electron chi connectivity index (χ4n) is 1.83. The van der Waals surface area contributed by atoms with Gasteiger partial charge in [-0.15, -0.1) is 10.2 Å². The molecular weight excluding hydrogens is 301 g/mol. The van der Waals surface area contributed by atoms with Crippen molar-refractivity contribution < 1.29 is 9.50 Å². The van der Waals surface area contributed by atoms with Crippen molar-refractivity contribution in [3.63, 3.8) is 0 Å². The summed E-state index contributed by atoms with van der Waals surface area (Å²) in [6.07, 6.45) is 0. The molecular formula is C12H13BrFN3O. The molecule has 96 valence electrons. The van der Waals surface area contributed by atoms with Crippen LogP contribution in [0.3, 0.4) is 0 Å². The van der Waals surface area contributed by atoms with Crippen molar-refractivity contribution in [3.05, 3.63) is 34.3 Å². The fourth-order valence-corrected chi connectivity index (χ4v) is 2.19. The zero-order chi connectivity index (χ0) is 13.3. The topological polar surface area (TPSA) is 50.9 Å². The van der Waals surface area contributed by atoms with Crippen molar-refractivity contribution in [3.8, 4) is 11.4 Å². The lowest BCUT2D eigenvalue weighted by Crippen LogP contribution is -2.08. The van der Waals surface area contributed by atoms with E-state index in [2.05, 4.69) is 26.1 Å². The van der Waals surface area contributed by atoms with Gasteiger partial charge in [0.15, 0.2) is 11.6 Å². The molecule has 1 N–H and O–H groups in total. The van der Waals surface area contributed by atoms with Crippen LogP contribution in [0.2, 0.25) is 0 Å². The van der Waals surface area contributed by atoms with E-state index in [0.29, 0.717) is 17.2 Å². The first-order valence-corrected chi connectivity index (χ1v) is 6.34. The molecule has 0 bridgehead atoms. The lowest BCUT2D eigenvalue weighted by Gasteiger charge is -2.13. The van der Waals surface area contributed by atoms with E-state index in [1.807, 2.05) is 13.8 Å². The van der Waals surface area contributed by atoms with Crippen LogP contribution in [0.4, 0.5) is 4.39 Å². The van der Waals surface area contributed by atoms with Crippen LogP contribution in [-0.2, 0) is 6.61 Å². The summed E-state index contributed by atoms with van der Waals surface area (Å²) in [4.78, 5) is 0. The van der Waals surface area contributed by atoms with Gasteiger partial charge in [0, 0.05) is 10.5 Å². The van der Waals surface area contributed by atoms with Crippen LogP contribution in [-0.4, -0.2) is 19.9 Å². The smallest absolute Gasteiger partial charge is 0.167 e. The Labute approximate surface area is 113 Å². The van der Waals surface area contributed by atoms with Gasteiger partial charge in [0.1, 0.15) is 12.4 Å². The Morgan fingerprint density at radius 1 is 1.39 bits per heavy atom. The average molecular weight is 314 g/mol. The van der Waals surface area contributed by atoms with Crippen LogP contribution in [0.15, 0.2) is 22.7 Å². The van der Waals surface area contributed by atoms with Gasteiger partial charge >= 0.3 is 0 Å². The lowest BCUT2D eigenvalue weighted by atomic mass is 10.2.